The number of aliphatic imine (C=N–C) groups is 1. The molecular formula is C17H32IN5. The highest BCUT2D eigenvalue weighted by molar-refractivity contribution is 14.0. The van der Waals surface area contributed by atoms with E-state index in [1.807, 2.05) is 38.3 Å². The summed E-state index contributed by atoms with van der Waals surface area (Å²) >= 11 is 0. The summed E-state index contributed by atoms with van der Waals surface area (Å²) in [5.41, 5.74) is 1.19. The molecule has 0 radical (unpaired) electrons. The Morgan fingerprint density at radius 3 is 2.70 bits per heavy atom. The van der Waals surface area contributed by atoms with Crippen LogP contribution in [0.4, 0.5) is 5.82 Å². The number of unbranched alkanes of at least 4 members (excludes halogenated alkanes) is 2. The first kappa shape index (κ1) is 21.9. The molecule has 0 amide bonds. The lowest BCUT2D eigenvalue weighted by Gasteiger charge is -2.18. The molecule has 1 aromatic rings. The van der Waals surface area contributed by atoms with Crippen molar-refractivity contribution < 1.29 is 0 Å². The van der Waals surface area contributed by atoms with E-state index in [9.17, 15) is 0 Å². The van der Waals surface area contributed by atoms with Crippen molar-refractivity contribution in [3.63, 3.8) is 0 Å². The highest BCUT2D eigenvalue weighted by Crippen LogP contribution is 2.09. The number of rotatable bonds is 8. The molecule has 0 aliphatic rings. The maximum absolute atomic E-state index is 4.33. The first-order valence-electron chi connectivity index (χ1n) is 8.16. The quantitative estimate of drug-likeness (QED) is 0.286. The molecule has 1 rings (SSSR count). The zero-order chi connectivity index (χ0) is 16.4. The van der Waals surface area contributed by atoms with E-state index in [4.69, 9.17) is 0 Å². The molecule has 132 valence electrons. The van der Waals surface area contributed by atoms with Gasteiger partial charge in [0.25, 0.3) is 0 Å². The Bertz CT molecular complexity index is 462. The van der Waals surface area contributed by atoms with Crippen LogP contribution in [0.15, 0.2) is 23.3 Å². The first-order chi connectivity index (χ1) is 10.6. The molecule has 0 fully saturated rings. The maximum atomic E-state index is 4.33. The van der Waals surface area contributed by atoms with Crippen LogP contribution in [0, 0.1) is 0 Å². The fourth-order valence-electron chi connectivity index (χ4n) is 2.20. The molecule has 0 bridgehead atoms. The summed E-state index contributed by atoms with van der Waals surface area (Å²) in [4.78, 5) is 10.6. The molecular weight excluding hydrogens is 401 g/mol. The second-order valence-electron chi connectivity index (χ2n) is 5.88. The number of guanidine groups is 1. The number of halogens is 1. The molecule has 0 saturated carbocycles. The van der Waals surface area contributed by atoms with Crippen LogP contribution in [0.5, 0.6) is 0 Å². The molecule has 6 heteroatoms. The van der Waals surface area contributed by atoms with Gasteiger partial charge in [-0.2, -0.15) is 0 Å². The van der Waals surface area contributed by atoms with Gasteiger partial charge in [-0.1, -0.05) is 26.2 Å². The maximum Gasteiger partial charge on any atom is 0.191 e. The topological polar surface area (TPSA) is 52.6 Å². The summed E-state index contributed by atoms with van der Waals surface area (Å²) in [5.74, 6) is 1.82. The summed E-state index contributed by atoms with van der Waals surface area (Å²) in [6.45, 7) is 5.18. The fourth-order valence-corrected chi connectivity index (χ4v) is 2.20. The van der Waals surface area contributed by atoms with Gasteiger partial charge < -0.3 is 15.5 Å². The Labute approximate surface area is 158 Å². The van der Waals surface area contributed by atoms with Gasteiger partial charge in [-0.15, -0.1) is 24.0 Å². The van der Waals surface area contributed by atoms with E-state index < -0.39 is 0 Å². The van der Waals surface area contributed by atoms with Crippen LogP contribution in [-0.4, -0.2) is 38.1 Å². The number of hydrogen-bond acceptors (Lipinski definition) is 3. The third kappa shape index (κ3) is 8.98. The average Bonchev–Trinajstić information content (AvgIpc) is 2.52. The smallest absolute Gasteiger partial charge is 0.191 e. The van der Waals surface area contributed by atoms with Crippen LogP contribution < -0.4 is 15.5 Å². The lowest BCUT2D eigenvalue weighted by Crippen LogP contribution is -2.41. The van der Waals surface area contributed by atoms with E-state index in [2.05, 4.69) is 40.5 Å². The van der Waals surface area contributed by atoms with Crippen molar-refractivity contribution in [1.29, 1.82) is 0 Å². The van der Waals surface area contributed by atoms with Crippen molar-refractivity contribution in [2.24, 2.45) is 4.99 Å². The Hall–Kier alpha value is -1.05. The normalized spacial score (nSPS) is 12.3. The van der Waals surface area contributed by atoms with Crippen molar-refractivity contribution >= 4 is 35.8 Å². The highest BCUT2D eigenvalue weighted by atomic mass is 127. The number of nitrogens with one attached hydrogen (secondary N) is 2. The Morgan fingerprint density at radius 1 is 1.35 bits per heavy atom. The van der Waals surface area contributed by atoms with Crippen LogP contribution >= 0.6 is 24.0 Å². The van der Waals surface area contributed by atoms with Gasteiger partial charge in [-0.25, -0.2) is 4.98 Å². The molecule has 0 saturated heterocycles. The standard InChI is InChI=1S/C17H31N5.HI/c1-6-7-8-9-14(2)21-17(18-3)20-13-15-10-11-19-16(12-15)22(4)5;/h10-12,14H,6-9,13H2,1-5H3,(H2,18,20,21);1H. The molecule has 2 N–H and O–H groups in total. The van der Waals surface area contributed by atoms with E-state index in [-0.39, 0.29) is 24.0 Å². The van der Waals surface area contributed by atoms with Crippen molar-refractivity contribution in [2.45, 2.75) is 52.1 Å². The van der Waals surface area contributed by atoms with E-state index in [0.717, 1.165) is 18.3 Å². The van der Waals surface area contributed by atoms with Gasteiger partial charge in [0.1, 0.15) is 5.82 Å². The second-order valence-corrected chi connectivity index (χ2v) is 5.88. The summed E-state index contributed by atoms with van der Waals surface area (Å²) in [6.07, 6.45) is 6.83. The summed E-state index contributed by atoms with van der Waals surface area (Å²) in [6, 6.07) is 4.55. The van der Waals surface area contributed by atoms with Crippen molar-refractivity contribution in [3.05, 3.63) is 23.9 Å². The third-order valence-corrected chi connectivity index (χ3v) is 3.58. The molecule has 1 unspecified atom stereocenters. The van der Waals surface area contributed by atoms with Crippen molar-refractivity contribution in [1.82, 2.24) is 15.6 Å². The lowest BCUT2D eigenvalue weighted by atomic mass is 10.1. The van der Waals surface area contributed by atoms with Crippen LogP contribution in [-0.2, 0) is 6.54 Å². The molecule has 23 heavy (non-hydrogen) atoms. The Kier molecular flexibility index (Phi) is 11.8. The number of aromatic nitrogens is 1. The fraction of sp³-hybridized carbons (Fsp3) is 0.647. The number of anilines is 1. The Morgan fingerprint density at radius 2 is 2.09 bits per heavy atom. The van der Waals surface area contributed by atoms with Gasteiger partial charge in [-0.05, 0) is 31.0 Å². The molecule has 5 nitrogen and oxygen atoms in total. The van der Waals surface area contributed by atoms with Gasteiger partial charge in [0.2, 0.25) is 0 Å². The van der Waals surface area contributed by atoms with E-state index in [1.165, 1.54) is 31.2 Å². The minimum atomic E-state index is 0. The lowest BCUT2D eigenvalue weighted by molar-refractivity contribution is 0.546. The zero-order valence-corrected chi connectivity index (χ0v) is 17.4. The third-order valence-electron chi connectivity index (χ3n) is 3.58. The minimum Gasteiger partial charge on any atom is -0.363 e. The molecule has 1 heterocycles. The SMILES string of the molecule is CCCCCC(C)NC(=NC)NCc1ccnc(N(C)C)c1.I. The Balaban J connectivity index is 0.00000484. The van der Waals surface area contributed by atoms with Crippen molar-refractivity contribution in [3.8, 4) is 0 Å². The summed E-state index contributed by atoms with van der Waals surface area (Å²) in [5, 5.41) is 6.81. The minimum absolute atomic E-state index is 0. The van der Waals surface area contributed by atoms with Crippen LogP contribution in [0.1, 0.15) is 45.1 Å². The number of pyridine rings is 1. The van der Waals surface area contributed by atoms with E-state index >= 15 is 0 Å². The van der Waals surface area contributed by atoms with E-state index in [1.54, 1.807) is 0 Å². The number of nitrogens with zero attached hydrogens (tertiary/aromatic N) is 3. The predicted octanol–water partition coefficient (Wildman–Crippen LogP) is 3.40. The number of hydrogen-bond donors (Lipinski definition) is 2. The monoisotopic (exact) mass is 433 g/mol. The van der Waals surface area contributed by atoms with Gasteiger partial charge in [0.15, 0.2) is 5.96 Å². The molecule has 0 spiro atoms. The molecule has 0 aliphatic carbocycles. The summed E-state index contributed by atoms with van der Waals surface area (Å²) < 4.78 is 0. The second kappa shape index (κ2) is 12.4. The molecule has 0 aliphatic heterocycles. The van der Waals surface area contributed by atoms with Gasteiger partial charge in [-0.3, -0.25) is 4.99 Å². The summed E-state index contributed by atoms with van der Waals surface area (Å²) in [7, 11) is 5.81. The van der Waals surface area contributed by atoms with Gasteiger partial charge in [0.05, 0.1) is 0 Å². The molecule has 1 atom stereocenters. The first-order valence-corrected chi connectivity index (χ1v) is 8.16. The average molecular weight is 433 g/mol. The van der Waals surface area contributed by atoms with Gasteiger partial charge >= 0.3 is 0 Å². The predicted molar refractivity (Wildman–Crippen MR) is 111 cm³/mol. The molecule has 0 aromatic carbocycles. The zero-order valence-electron chi connectivity index (χ0n) is 15.1. The van der Waals surface area contributed by atoms with Crippen LogP contribution in [0.3, 0.4) is 0 Å². The van der Waals surface area contributed by atoms with Crippen molar-refractivity contribution in [2.75, 3.05) is 26.0 Å². The van der Waals surface area contributed by atoms with Crippen LogP contribution in [0.25, 0.3) is 0 Å². The van der Waals surface area contributed by atoms with Crippen LogP contribution in [0.2, 0.25) is 0 Å². The highest BCUT2D eigenvalue weighted by Gasteiger charge is 2.05. The largest absolute Gasteiger partial charge is 0.363 e. The van der Waals surface area contributed by atoms with Gasteiger partial charge in [0, 0.05) is 39.9 Å². The van der Waals surface area contributed by atoms with E-state index in [0.29, 0.717) is 6.04 Å². The molecule has 1 aromatic heterocycles.